The fraction of sp³-hybridized carbons (Fsp3) is 1.00. The highest BCUT2D eigenvalue weighted by molar-refractivity contribution is 6.61. The lowest BCUT2D eigenvalue weighted by Gasteiger charge is -2.26. The molecule has 2 bridgehead atoms. The Hall–Kier alpha value is 0.532. The van der Waals surface area contributed by atoms with Crippen LogP contribution in [0.15, 0.2) is 0 Å². The van der Waals surface area contributed by atoms with Crippen molar-refractivity contribution in [3.63, 3.8) is 0 Å². The summed E-state index contributed by atoms with van der Waals surface area (Å²) in [5.74, 6) is 3.70. The molecular weight excluding hydrogens is 159 g/mol. The summed E-state index contributed by atoms with van der Waals surface area (Å²) < 4.78 is 1.33. The van der Waals surface area contributed by atoms with Gasteiger partial charge in [0.15, 0.2) is 0 Å². The molecule has 0 aromatic rings. The molecule has 3 fully saturated rings. The van der Waals surface area contributed by atoms with Gasteiger partial charge in [0.1, 0.15) is 0 Å². The molecule has 0 nitrogen and oxygen atoms in total. The Morgan fingerprint density at radius 1 is 1.17 bits per heavy atom. The smallest absolute Gasteiger partial charge is 0.0965 e. The van der Waals surface area contributed by atoms with Crippen molar-refractivity contribution in [2.24, 2.45) is 17.8 Å². The molecule has 1 heteroatoms. The molecule has 66 valence electrons. The van der Waals surface area contributed by atoms with Crippen molar-refractivity contribution < 1.29 is 0 Å². The predicted octanol–water partition coefficient (Wildman–Crippen LogP) is 3.32. The van der Waals surface area contributed by atoms with Crippen LogP contribution in [0.4, 0.5) is 0 Å². The van der Waals surface area contributed by atoms with E-state index in [1.54, 1.807) is 36.2 Å². The molecule has 2 aliphatic carbocycles. The lowest BCUT2D eigenvalue weighted by atomic mass is 9.87. The van der Waals surface area contributed by atoms with E-state index >= 15 is 0 Å². The maximum Gasteiger partial charge on any atom is 0.266 e. The van der Waals surface area contributed by atoms with Crippen molar-refractivity contribution >= 4 is 14.1 Å². The number of hydrogen-bond acceptors (Lipinski definition) is 0. The van der Waals surface area contributed by atoms with Crippen LogP contribution < -0.4 is 0 Å². The second-order valence-electron chi connectivity index (χ2n) is 5.32. The standard InChI is InChI=1S/C9H14.C2H5.Al/c1-2-8-5-7-3-4-9(8)6-7;1-2;/h5,7-9H,1-4,6H2;1H2,2H3;. The van der Waals surface area contributed by atoms with Crippen LogP contribution in [0.25, 0.3) is 0 Å². The van der Waals surface area contributed by atoms with Gasteiger partial charge in [-0.25, -0.2) is 0 Å². The molecule has 0 radical (unpaired) electrons. The van der Waals surface area contributed by atoms with Gasteiger partial charge >= 0.3 is 0 Å². The monoisotopic (exact) mass is 178 g/mol. The van der Waals surface area contributed by atoms with Crippen LogP contribution in [-0.4, -0.2) is 14.1 Å². The first-order valence-electron chi connectivity index (χ1n) is 5.90. The molecule has 4 atom stereocenters. The molecule has 1 heterocycles. The van der Waals surface area contributed by atoms with Gasteiger partial charge in [-0.1, -0.05) is 35.1 Å². The average molecular weight is 178 g/mol. The molecule has 0 N–H and O–H groups in total. The molecule has 0 aromatic carbocycles. The topological polar surface area (TPSA) is 0 Å². The highest BCUT2D eigenvalue weighted by atomic mass is 27.2. The first-order valence-corrected chi connectivity index (χ1v) is 8.20. The normalized spacial score (nSPS) is 50.2. The molecule has 3 aliphatic rings. The second-order valence-corrected chi connectivity index (χ2v) is 9.00. The Balaban J connectivity index is 1.85. The zero-order chi connectivity index (χ0) is 8.13. The quantitative estimate of drug-likeness (QED) is 0.540. The molecule has 0 amide bonds. The third-order valence-electron chi connectivity index (χ3n) is 5.10. The summed E-state index contributed by atoms with van der Waals surface area (Å²) in [6.45, 7) is 2.46. The van der Waals surface area contributed by atoms with Crippen LogP contribution >= 0.6 is 0 Å². The van der Waals surface area contributed by atoms with Gasteiger partial charge in [0, 0.05) is 0 Å². The van der Waals surface area contributed by atoms with Gasteiger partial charge in [-0.2, -0.15) is 0 Å². The SMILES string of the molecule is C[CH2][Al]1[CH2]CC2C3CCC(C3)[CH]21. The first-order chi connectivity index (χ1) is 5.90. The largest absolute Gasteiger partial charge is 0.266 e. The number of rotatable bonds is 1. The highest BCUT2D eigenvalue weighted by Gasteiger charge is 2.54. The Morgan fingerprint density at radius 3 is 2.83 bits per heavy atom. The van der Waals surface area contributed by atoms with Crippen LogP contribution in [0.2, 0.25) is 15.3 Å². The lowest BCUT2D eigenvalue weighted by Crippen LogP contribution is -2.22. The van der Waals surface area contributed by atoms with Crippen molar-refractivity contribution in [1.82, 2.24) is 0 Å². The van der Waals surface area contributed by atoms with Gasteiger partial charge in [0.05, 0.1) is 0 Å². The molecule has 4 unspecified atom stereocenters. The number of fused-ring (bicyclic) bond motifs is 5. The molecular formula is C11H19Al. The van der Waals surface area contributed by atoms with E-state index in [9.17, 15) is 0 Å². The van der Waals surface area contributed by atoms with E-state index in [0.717, 1.165) is 0 Å². The minimum absolute atomic E-state index is 0.216. The van der Waals surface area contributed by atoms with E-state index < -0.39 is 0 Å². The average Bonchev–Trinajstić information content (AvgIpc) is 2.76. The molecule has 0 aromatic heterocycles. The van der Waals surface area contributed by atoms with E-state index in [-0.39, 0.29) is 14.1 Å². The van der Waals surface area contributed by atoms with E-state index in [1.165, 1.54) is 22.5 Å². The third kappa shape index (κ3) is 0.904. The summed E-state index contributed by atoms with van der Waals surface area (Å²) in [6.07, 6.45) is 6.53. The van der Waals surface area contributed by atoms with Crippen LogP contribution in [0.5, 0.6) is 0 Å². The summed E-state index contributed by atoms with van der Waals surface area (Å²) >= 11 is -0.216. The van der Waals surface area contributed by atoms with E-state index in [4.69, 9.17) is 0 Å². The van der Waals surface area contributed by atoms with Gasteiger partial charge < -0.3 is 0 Å². The van der Waals surface area contributed by atoms with Gasteiger partial charge in [0.25, 0.3) is 14.1 Å². The minimum atomic E-state index is -0.216. The van der Waals surface area contributed by atoms with Crippen LogP contribution in [0.1, 0.15) is 32.6 Å². The Morgan fingerprint density at radius 2 is 2.00 bits per heavy atom. The Labute approximate surface area is 80.1 Å². The van der Waals surface area contributed by atoms with Gasteiger partial charge in [-0.15, -0.1) is 0 Å². The van der Waals surface area contributed by atoms with Gasteiger partial charge in [-0.3, -0.25) is 0 Å². The van der Waals surface area contributed by atoms with Crippen molar-refractivity contribution in [2.45, 2.75) is 48.0 Å². The maximum absolute atomic E-state index is 2.46. The Kier molecular flexibility index (Phi) is 1.81. The van der Waals surface area contributed by atoms with Crippen molar-refractivity contribution in [1.29, 1.82) is 0 Å². The third-order valence-corrected chi connectivity index (χ3v) is 9.35. The summed E-state index contributed by atoms with van der Waals surface area (Å²) in [5, 5.41) is 3.31. The zero-order valence-corrected chi connectivity index (χ0v) is 9.28. The van der Waals surface area contributed by atoms with E-state index in [0.29, 0.717) is 0 Å². The molecule has 0 spiro atoms. The van der Waals surface area contributed by atoms with Gasteiger partial charge in [0.2, 0.25) is 0 Å². The fourth-order valence-electron chi connectivity index (χ4n) is 4.69. The Bertz CT molecular complexity index is 187. The van der Waals surface area contributed by atoms with Crippen molar-refractivity contribution in [2.75, 3.05) is 0 Å². The molecule has 12 heavy (non-hydrogen) atoms. The maximum atomic E-state index is 2.46. The van der Waals surface area contributed by atoms with Crippen LogP contribution in [0.3, 0.4) is 0 Å². The van der Waals surface area contributed by atoms with Crippen molar-refractivity contribution in [3.8, 4) is 0 Å². The number of hydrogen-bond donors (Lipinski definition) is 0. The predicted molar refractivity (Wildman–Crippen MR) is 53.7 cm³/mol. The molecule has 3 rings (SSSR count). The molecule has 1 aliphatic heterocycles. The first kappa shape index (κ1) is 7.89. The minimum Gasteiger partial charge on any atom is -0.0965 e. The summed E-state index contributed by atoms with van der Waals surface area (Å²) in [4.78, 5) is 0. The molecule has 1 saturated heterocycles. The van der Waals surface area contributed by atoms with Crippen molar-refractivity contribution in [3.05, 3.63) is 0 Å². The zero-order valence-electron chi connectivity index (χ0n) is 8.13. The van der Waals surface area contributed by atoms with Gasteiger partial charge in [-0.05, 0) is 30.6 Å². The summed E-state index contributed by atoms with van der Waals surface area (Å²) in [5.41, 5.74) is 0. The summed E-state index contributed by atoms with van der Waals surface area (Å²) in [7, 11) is 0. The van der Waals surface area contributed by atoms with Crippen LogP contribution in [0, 0.1) is 17.8 Å². The molecule has 2 saturated carbocycles. The highest BCUT2D eigenvalue weighted by Crippen LogP contribution is 2.62. The van der Waals surface area contributed by atoms with E-state index in [2.05, 4.69) is 6.92 Å². The van der Waals surface area contributed by atoms with E-state index in [1.807, 2.05) is 0 Å². The second kappa shape index (κ2) is 2.76. The van der Waals surface area contributed by atoms with Crippen LogP contribution in [-0.2, 0) is 0 Å². The summed E-state index contributed by atoms with van der Waals surface area (Å²) in [6, 6.07) is 0. The lowest BCUT2D eigenvalue weighted by molar-refractivity contribution is 0.340. The fourth-order valence-corrected chi connectivity index (χ4v) is 9.17.